The first-order chi connectivity index (χ1) is 6.73. The number of rotatable bonds is 1. The molecule has 86 valence electrons. The number of allylic oxidation sites excluding steroid dienone is 2. The van der Waals surface area contributed by atoms with Crippen molar-refractivity contribution in [1.82, 2.24) is 0 Å². The Kier molecular flexibility index (Phi) is 3.33. The van der Waals surface area contributed by atoms with Gasteiger partial charge in [-0.2, -0.15) is 0 Å². The van der Waals surface area contributed by atoms with Crippen LogP contribution in [0.15, 0.2) is 10.1 Å². The standard InChI is InChI=1S/C8H5BrCl6/c9-2-3-1-6(12)4(10)5(11)7(3,13)8(6,14)15/h3H,1-2H2/t3-,6-,7-/m0/s1. The highest BCUT2D eigenvalue weighted by Crippen LogP contribution is 2.74. The maximum absolute atomic E-state index is 6.44. The van der Waals surface area contributed by atoms with E-state index in [0.29, 0.717) is 11.8 Å². The summed E-state index contributed by atoms with van der Waals surface area (Å²) in [7, 11) is 0. The Morgan fingerprint density at radius 2 is 1.67 bits per heavy atom. The van der Waals surface area contributed by atoms with Gasteiger partial charge >= 0.3 is 0 Å². The molecule has 0 aromatic rings. The van der Waals surface area contributed by atoms with Gasteiger partial charge in [-0.1, -0.05) is 62.3 Å². The Labute approximate surface area is 126 Å². The zero-order valence-electron chi connectivity index (χ0n) is 7.14. The summed E-state index contributed by atoms with van der Waals surface area (Å²) in [5, 5.41) is 1.15. The lowest BCUT2D eigenvalue weighted by Crippen LogP contribution is -2.44. The molecule has 1 fully saturated rings. The van der Waals surface area contributed by atoms with E-state index in [0.717, 1.165) is 0 Å². The smallest absolute Gasteiger partial charge is 0.110 e. The van der Waals surface area contributed by atoms with Crippen LogP contribution in [0.4, 0.5) is 0 Å². The number of hydrogen-bond acceptors (Lipinski definition) is 0. The molecule has 7 heteroatoms. The lowest BCUT2D eigenvalue weighted by atomic mass is 9.94. The van der Waals surface area contributed by atoms with E-state index in [9.17, 15) is 0 Å². The summed E-state index contributed by atoms with van der Waals surface area (Å²) in [6.45, 7) is 0. The van der Waals surface area contributed by atoms with Crippen LogP contribution in [0.3, 0.4) is 0 Å². The predicted molar refractivity (Wildman–Crippen MR) is 72.2 cm³/mol. The Morgan fingerprint density at radius 3 is 2.00 bits per heavy atom. The van der Waals surface area contributed by atoms with E-state index in [1.54, 1.807) is 0 Å². The SMILES string of the molecule is ClC1=C(Cl)[C@@]2(Cl)C[C@@H](CBr)[C@@]1(Cl)C2(Cl)Cl. The average molecular weight is 394 g/mol. The molecule has 2 aliphatic rings. The van der Waals surface area contributed by atoms with Crippen LogP contribution in [-0.4, -0.2) is 19.4 Å². The highest BCUT2D eigenvalue weighted by Gasteiger charge is 2.77. The first kappa shape index (κ1) is 13.4. The van der Waals surface area contributed by atoms with Crippen molar-refractivity contribution in [2.45, 2.75) is 20.5 Å². The molecule has 0 aliphatic heterocycles. The first-order valence-corrected chi connectivity index (χ1v) is 7.50. The molecule has 1 saturated carbocycles. The molecular formula is C8H5BrCl6. The summed E-state index contributed by atoms with van der Waals surface area (Å²) in [5.41, 5.74) is 0. The normalized spacial score (nSPS) is 47.8. The van der Waals surface area contributed by atoms with Crippen molar-refractivity contribution in [3.63, 3.8) is 0 Å². The van der Waals surface area contributed by atoms with Crippen LogP contribution in [0.2, 0.25) is 0 Å². The fraction of sp³-hybridized carbons (Fsp3) is 0.750. The largest absolute Gasteiger partial charge is 0.166 e. The molecule has 0 radical (unpaired) electrons. The van der Waals surface area contributed by atoms with E-state index in [1.165, 1.54) is 0 Å². The van der Waals surface area contributed by atoms with Gasteiger partial charge < -0.3 is 0 Å². The van der Waals surface area contributed by atoms with Crippen molar-refractivity contribution in [2.24, 2.45) is 5.92 Å². The van der Waals surface area contributed by atoms with Gasteiger partial charge in [-0.25, -0.2) is 0 Å². The molecule has 0 nitrogen and oxygen atoms in total. The molecule has 15 heavy (non-hydrogen) atoms. The zero-order valence-corrected chi connectivity index (χ0v) is 13.3. The molecule has 3 atom stereocenters. The van der Waals surface area contributed by atoms with Gasteiger partial charge in [-0.05, 0) is 12.3 Å². The third-order valence-electron chi connectivity index (χ3n) is 3.09. The summed E-state index contributed by atoms with van der Waals surface area (Å²) in [5.74, 6) is -0.0401. The molecule has 0 saturated heterocycles. The van der Waals surface area contributed by atoms with E-state index in [1.807, 2.05) is 0 Å². The Bertz CT molecular complexity index is 353. The third-order valence-corrected chi connectivity index (χ3v) is 8.20. The second kappa shape index (κ2) is 3.73. The molecule has 0 aromatic heterocycles. The van der Waals surface area contributed by atoms with E-state index in [-0.39, 0.29) is 16.0 Å². The van der Waals surface area contributed by atoms with Gasteiger partial charge in [-0.3, -0.25) is 0 Å². The topological polar surface area (TPSA) is 0 Å². The Morgan fingerprint density at radius 1 is 1.13 bits per heavy atom. The molecule has 2 rings (SSSR count). The minimum Gasteiger partial charge on any atom is -0.110 e. The Hall–Kier alpha value is 1.96. The lowest BCUT2D eigenvalue weighted by Gasteiger charge is -2.33. The highest BCUT2D eigenvalue weighted by atomic mass is 79.9. The van der Waals surface area contributed by atoms with Crippen LogP contribution in [0.1, 0.15) is 6.42 Å². The molecule has 0 aromatic carbocycles. The third kappa shape index (κ3) is 1.30. The van der Waals surface area contributed by atoms with Crippen LogP contribution < -0.4 is 0 Å². The summed E-state index contributed by atoms with van der Waals surface area (Å²) in [6.07, 6.45) is 0.505. The summed E-state index contributed by atoms with van der Waals surface area (Å²) >= 11 is 40.8. The van der Waals surface area contributed by atoms with Gasteiger partial charge in [0.25, 0.3) is 0 Å². The van der Waals surface area contributed by atoms with Crippen molar-refractivity contribution in [1.29, 1.82) is 0 Å². The van der Waals surface area contributed by atoms with Crippen molar-refractivity contribution < 1.29 is 0 Å². The van der Waals surface area contributed by atoms with Crippen LogP contribution in [-0.2, 0) is 0 Å². The molecular weight excluding hydrogens is 389 g/mol. The average Bonchev–Trinajstić information content (AvgIpc) is 2.39. The van der Waals surface area contributed by atoms with Crippen molar-refractivity contribution >= 4 is 85.5 Å². The van der Waals surface area contributed by atoms with Gasteiger partial charge in [0.1, 0.15) is 9.75 Å². The van der Waals surface area contributed by atoms with Gasteiger partial charge in [0.15, 0.2) is 4.33 Å². The lowest BCUT2D eigenvalue weighted by molar-refractivity contribution is 0.522. The van der Waals surface area contributed by atoms with E-state index >= 15 is 0 Å². The van der Waals surface area contributed by atoms with E-state index in [4.69, 9.17) is 69.6 Å². The maximum Gasteiger partial charge on any atom is 0.166 e. The van der Waals surface area contributed by atoms with Crippen molar-refractivity contribution in [2.75, 3.05) is 5.33 Å². The molecule has 0 spiro atoms. The quantitative estimate of drug-likeness (QED) is 0.535. The van der Waals surface area contributed by atoms with Gasteiger partial charge in [0.05, 0.1) is 10.1 Å². The number of fused-ring (bicyclic) bond motifs is 2. The minimum atomic E-state index is -1.38. The molecule has 2 aliphatic carbocycles. The minimum absolute atomic E-state index is 0.0401. The maximum atomic E-state index is 6.44. The summed E-state index contributed by atoms with van der Waals surface area (Å²) in [4.78, 5) is -2.17. The van der Waals surface area contributed by atoms with Gasteiger partial charge in [0.2, 0.25) is 0 Å². The number of halogens is 7. The van der Waals surface area contributed by atoms with E-state index < -0.39 is 14.1 Å². The highest BCUT2D eigenvalue weighted by molar-refractivity contribution is 9.09. The van der Waals surface area contributed by atoms with E-state index in [2.05, 4.69) is 15.9 Å². The first-order valence-electron chi connectivity index (χ1n) is 4.11. The fourth-order valence-corrected chi connectivity index (χ4v) is 5.94. The van der Waals surface area contributed by atoms with Crippen molar-refractivity contribution in [3.8, 4) is 0 Å². The number of hydrogen-bond donors (Lipinski definition) is 0. The molecule has 0 N–H and O–H groups in total. The van der Waals surface area contributed by atoms with Crippen LogP contribution in [0.5, 0.6) is 0 Å². The molecule has 0 unspecified atom stereocenters. The monoisotopic (exact) mass is 390 g/mol. The summed E-state index contributed by atoms with van der Waals surface area (Å²) < 4.78 is -1.38. The second-order valence-electron chi connectivity index (χ2n) is 3.77. The molecule has 0 amide bonds. The predicted octanol–water partition coefficient (Wildman–Crippen LogP) is 5.23. The number of alkyl halides is 5. The molecule has 0 heterocycles. The van der Waals surface area contributed by atoms with Gasteiger partial charge in [-0.15, -0.1) is 23.2 Å². The zero-order chi connectivity index (χ0) is 11.6. The van der Waals surface area contributed by atoms with Gasteiger partial charge in [0, 0.05) is 5.33 Å². The van der Waals surface area contributed by atoms with Crippen LogP contribution >= 0.6 is 85.5 Å². The van der Waals surface area contributed by atoms with Crippen molar-refractivity contribution in [3.05, 3.63) is 10.1 Å². The summed E-state index contributed by atoms with van der Waals surface area (Å²) in [6, 6.07) is 0. The fourth-order valence-electron chi connectivity index (χ4n) is 2.19. The second-order valence-corrected chi connectivity index (χ2v) is 7.74. The Balaban J connectivity index is 2.65. The van der Waals surface area contributed by atoms with Crippen LogP contribution in [0.25, 0.3) is 0 Å². The van der Waals surface area contributed by atoms with Crippen LogP contribution in [0, 0.1) is 5.92 Å². The molecule has 2 bridgehead atoms.